The highest BCUT2D eigenvalue weighted by Crippen LogP contribution is 2.34. The Morgan fingerprint density at radius 3 is 2.62 bits per heavy atom. The van der Waals surface area contributed by atoms with Crippen molar-refractivity contribution in [3.63, 3.8) is 0 Å². The number of likely N-dealkylation sites (tertiary alicyclic amines) is 1. The number of anilines is 1. The fourth-order valence-electron chi connectivity index (χ4n) is 3.81. The molecule has 2 N–H and O–H groups in total. The van der Waals surface area contributed by atoms with Crippen molar-refractivity contribution in [2.45, 2.75) is 50.6 Å². The maximum Gasteiger partial charge on any atom is 0.318 e. The van der Waals surface area contributed by atoms with E-state index in [2.05, 4.69) is 20.8 Å². The maximum absolute atomic E-state index is 13.3. The van der Waals surface area contributed by atoms with Crippen LogP contribution in [0.1, 0.15) is 59.4 Å². The van der Waals surface area contributed by atoms with Gasteiger partial charge in [-0.15, -0.1) is 10.2 Å². The molecule has 1 saturated heterocycles. The first-order valence-corrected chi connectivity index (χ1v) is 10.5. The summed E-state index contributed by atoms with van der Waals surface area (Å²) in [6.07, 6.45) is 5.92. The van der Waals surface area contributed by atoms with Crippen molar-refractivity contribution in [2.24, 2.45) is 0 Å². The molecule has 154 valence electrons. The van der Waals surface area contributed by atoms with Gasteiger partial charge in [0.25, 0.3) is 5.91 Å². The van der Waals surface area contributed by atoms with Crippen molar-refractivity contribution in [1.82, 2.24) is 20.4 Å². The molecule has 4 rings (SSSR count). The smallest absolute Gasteiger partial charge is 0.318 e. The number of hydrogen-bond acceptors (Lipinski definition) is 5. The van der Waals surface area contributed by atoms with E-state index in [1.54, 1.807) is 4.90 Å². The molecular formula is C19H21F2N5O2S. The lowest BCUT2D eigenvalue weighted by Crippen LogP contribution is -2.43. The quantitative estimate of drug-likeness (QED) is 0.785. The molecule has 2 fully saturated rings. The minimum absolute atomic E-state index is 0.0950. The van der Waals surface area contributed by atoms with Gasteiger partial charge in [0.15, 0.2) is 11.6 Å². The summed E-state index contributed by atoms with van der Waals surface area (Å²) in [4.78, 5) is 26.8. The summed E-state index contributed by atoms with van der Waals surface area (Å²) in [7, 11) is 0. The van der Waals surface area contributed by atoms with Gasteiger partial charge in [-0.3, -0.25) is 4.79 Å². The molecule has 1 atom stereocenters. The molecule has 1 saturated carbocycles. The highest BCUT2D eigenvalue weighted by atomic mass is 32.1. The molecule has 0 spiro atoms. The third-order valence-electron chi connectivity index (χ3n) is 5.29. The minimum Gasteiger partial charge on any atom is -0.335 e. The zero-order chi connectivity index (χ0) is 20.4. The van der Waals surface area contributed by atoms with Gasteiger partial charge in [-0.2, -0.15) is 0 Å². The second kappa shape index (κ2) is 8.40. The molecule has 0 unspecified atom stereocenters. The van der Waals surface area contributed by atoms with Gasteiger partial charge in [0.2, 0.25) is 5.01 Å². The van der Waals surface area contributed by atoms with E-state index in [-0.39, 0.29) is 28.8 Å². The Kier molecular flexibility index (Phi) is 5.70. The molecule has 1 aromatic heterocycles. The topological polar surface area (TPSA) is 87.2 Å². The number of aromatic nitrogens is 2. The fraction of sp³-hybridized carbons (Fsp3) is 0.474. The van der Waals surface area contributed by atoms with E-state index in [9.17, 15) is 18.4 Å². The van der Waals surface area contributed by atoms with E-state index in [4.69, 9.17) is 0 Å². The number of nitrogens with zero attached hydrogens (tertiary/aromatic N) is 3. The Hall–Kier alpha value is -2.62. The van der Waals surface area contributed by atoms with Crippen LogP contribution in [0.15, 0.2) is 18.2 Å². The molecule has 1 aromatic carbocycles. The summed E-state index contributed by atoms with van der Waals surface area (Å²) in [5.74, 6) is -2.59. The predicted molar refractivity (Wildman–Crippen MR) is 104 cm³/mol. The Bertz CT molecular complexity index is 916. The van der Waals surface area contributed by atoms with Crippen LogP contribution in [-0.2, 0) is 0 Å². The average Bonchev–Trinajstić information content (AvgIpc) is 3.45. The Morgan fingerprint density at radius 1 is 1.07 bits per heavy atom. The van der Waals surface area contributed by atoms with E-state index >= 15 is 0 Å². The second-order valence-corrected chi connectivity index (χ2v) is 8.32. The first-order chi connectivity index (χ1) is 14.0. The highest BCUT2D eigenvalue weighted by Gasteiger charge is 2.34. The summed E-state index contributed by atoms with van der Waals surface area (Å²) in [5, 5.41) is 14.3. The highest BCUT2D eigenvalue weighted by molar-refractivity contribution is 7.13. The van der Waals surface area contributed by atoms with E-state index in [0.717, 1.165) is 62.0 Å². The van der Waals surface area contributed by atoms with Crippen LogP contribution >= 0.6 is 11.3 Å². The van der Waals surface area contributed by atoms with Crippen molar-refractivity contribution < 1.29 is 18.4 Å². The molecule has 1 aliphatic heterocycles. The first kappa shape index (κ1) is 19.7. The summed E-state index contributed by atoms with van der Waals surface area (Å²) in [5.41, 5.74) is 0.129. The second-order valence-electron chi connectivity index (χ2n) is 7.31. The van der Waals surface area contributed by atoms with Gasteiger partial charge >= 0.3 is 6.03 Å². The molecule has 0 radical (unpaired) electrons. The van der Waals surface area contributed by atoms with Crippen LogP contribution < -0.4 is 10.6 Å². The Labute approximate surface area is 170 Å². The first-order valence-electron chi connectivity index (χ1n) is 9.68. The number of carbonyl (C=O) groups is 2. The number of halogens is 2. The predicted octanol–water partition coefficient (Wildman–Crippen LogP) is 3.86. The summed E-state index contributed by atoms with van der Waals surface area (Å²) < 4.78 is 26.3. The number of urea groups is 1. The van der Waals surface area contributed by atoms with Gasteiger partial charge in [-0.1, -0.05) is 24.2 Å². The molecule has 2 heterocycles. The number of carbonyl (C=O) groups excluding carboxylic acids is 2. The number of nitrogens with one attached hydrogen (secondary N) is 2. The van der Waals surface area contributed by atoms with Crippen LogP contribution in [-0.4, -0.2) is 39.6 Å². The summed E-state index contributed by atoms with van der Waals surface area (Å²) in [6, 6.07) is 3.04. The van der Waals surface area contributed by atoms with Crippen LogP contribution in [0.3, 0.4) is 0 Å². The molecular weight excluding hydrogens is 400 g/mol. The average molecular weight is 421 g/mol. The third-order valence-corrected chi connectivity index (χ3v) is 6.32. The molecule has 10 heteroatoms. The van der Waals surface area contributed by atoms with Gasteiger partial charge < -0.3 is 15.5 Å². The lowest BCUT2D eigenvalue weighted by atomic mass is 10.2. The molecule has 2 aromatic rings. The normalized spacial score (nSPS) is 19.5. The lowest BCUT2D eigenvalue weighted by Gasteiger charge is -2.25. The Morgan fingerprint density at radius 2 is 1.86 bits per heavy atom. The molecule has 1 aliphatic carbocycles. The number of benzene rings is 1. The van der Waals surface area contributed by atoms with E-state index in [0.29, 0.717) is 11.6 Å². The van der Waals surface area contributed by atoms with Crippen LogP contribution in [0.4, 0.5) is 19.3 Å². The minimum atomic E-state index is -1.05. The van der Waals surface area contributed by atoms with Crippen molar-refractivity contribution in [3.8, 4) is 0 Å². The van der Waals surface area contributed by atoms with Crippen molar-refractivity contribution in [2.75, 3.05) is 11.9 Å². The largest absolute Gasteiger partial charge is 0.335 e. The standard InChI is InChI=1S/C19H21F2N5O2S/c20-13-8-7-12(10-14(13)21)22-16(27)18-25-24-17(29-18)15-6-3-9-26(15)19(28)23-11-4-1-2-5-11/h7-8,10-11,15H,1-6,9H2,(H,22,27)(H,23,28)/t15-/m0/s1. The number of amides is 3. The van der Waals surface area contributed by atoms with E-state index < -0.39 is 17.5 Å². The van der Waals surface area contributed by atoms with Crippen molar-refractivity contribution in [1.29, 1.82) is 0 Å². The molecule has 7 nitrogen and oxygen atoms in total. The monoisotopic (exact) mass is 421 g/mol. The van der Waals surface area contributed by atoms with Crippen molar-refractivity contribution in [3.05, 3.63) is 39.8 Å². The van der Waals surface area contributed by atoms with Gasteiger partial charge in [0, 0.05) is 24.3 Å². The van der Waals surface area contributed by atoms with E-state index in [1.807, 2.05) is 0 Å². The van der Waals surface area contributed by atoms with Crippen LogP contribution in [0.25, 0.3) is 0 Å². The Balaban J connectivity index is 1.42. The number of hydrogen-bond donors (Lipinski definition) is 2. The number of rotatable bonds is 4. The zero-order valence-electron chi connectivity index (χ0n) is 15.7. The van der Waals surface area contributed by atoms with Gasteiger partial charge in [0.1, 0.15) is 5.01 Å². The van der Waals surface area contributed by atoms with Crippen LogP contribution in [0, 0.1) is 11.6 Å². The fourth-order valence-corrected chi connectivity index (χ4v) is 4.70. The molecule has 3 amide bonds. The molecule has 2 aliphatic rings. The zero-order valence-corrected chi connectivity index (χ0v) is 16.5. The lowest BCUT2D eigenvalue weighted by molar-refractivity contribution is 0.102. The van der Waals surface area contributed by atoms with Gasteiger partial charge in [0.05, 0.1) is 6.04 Å². The molecule has 29 heavy (non-hydrogen) atoms. The van der Waals surface area contributed by atoms with Gasteiger partial charge in [-0.05, 0) is 37.8 Å². The van der Waals surface area contributed by atoms with Crippen LogP contribution in [0.5, 0.6) is 0 Å². The van der Waals surface area contributed by atoms with Gasteiger partial charge in [-0.25, -0.2) is 13.6 Å². The summed E-state index contributed by atoms with van der Waals surface area (Å²) >= 11 is 1.10. The van der Waals surface area contributed by atoms with E-state index in [1.165, 1.54) is 6.07 Å². The molecule has 0 bridgehead atoms. The summed E-state index contributed by atoms with van der Waals surface area (Å²) in [6.45, 7) is 0.638. The SMILES string of the molecule is O=C(Nc1ccc(F)c(F)c1)c1nnc([C@@H]2CCCN2C(=O)NC2CCCC2)s1. The third kappa shape index (κ3) is 4.36. The van der Waals surface area contributed by atoms with Crippen LogP contribution in [0.2, 0.25) is 0 Å². The van der Waals surface area contributed by atoms with Crippen molar-refractivity contribution >= 4 is 29.0 Å². The maximum atomic E-state index is 13.3.